The van der Waals surface area contributed by atoms with Crippen molar-refractivity contribution in [2.45, 2.75) is 50.7 Å². The summed E-state index contributed by atoms with van der Waals surface area (Å²) in [5.41, 5.74) is 0.217. The lowest BCUT2D eigenvalue weighted by molar-refractivity contribution is -0.195. The highest BCUT2D eigenvalue weighted by atomic mass is 19.4. The van der Waals surface area contributed by atoms with Gasteiger partial charge in [0.05, 0.1) is 11.6 Å². The summed E-state index contributed by atoms with van der Waals surface area (Å²) in [5, 5.41) is 5.35. The smallest absolute Gasteiger partial charge is 0.355 e. The highest BCUT2D eigenvalue weighted by Gasteiger charge is 2.67. The number of hydrogen-bond acceptors (Lipinski definition) is 4. The Balaban J connectivity index is 0.00000361. The topological polar surface area (TPSA) is 74.3 Å². The molecule has 1 aromatic carbocycles. The van der Waals surface area contributed by atoms with Crippen molar-refractivity contribution in [3.8, 4) is 0 Å². The van der Waals surface area contributed by atoms with Crippen molar-refractivity contribution in [3.05, 3.63) is 64.7 Å². The van der Waals surface area contributed by atoms with Crippen LogP contribution in [0.15, 0.2) is 36.7 Å². The fourth-order valence-corrected chi connectivity index (χ4v) is 4.63. The van der Waals surface area contributed by atoms with Crippen molar-refractivity contribution in [3.63, 3.8) is 0 Å². The van der Waals surface area contributed by atoms with Crippen LogP contribution in [0.25, 0.3) is 0 Å². The van der Waals surface area contributed by atoms with Gasteiger partial charge >= 0.3 is 6.18 Å². The van der Waals surface area contributed by atoms with Gasteiger partial charge in [-0.05, 0) is 75.2 Å². The summed E-state index contributed by atoms with van der Waals surface area (Å²) in [7, 11) is 5.26. The maximum Gasteiger partial charge on any atom is 0.395 e. The Bertz CT molecular complexity index is 1110. The summed E-state index contributed by atoms with van der Waals surface area (Å²) in [6, 6.07) is 6.46. The number of aromatic nitrogens is 1. The fraction of sp³-hybridized carbons (Fsp3) is 0.500. The standard InChI is InChI=1S/C26H32F4N4O2.2H2/c1-16-11-18(24(36)31-2)6-5-17(16)12-19(34(3)4)14-33-23(35)13-21(20-7-10-32-15-22(20)27)25(8-9-25)26(28,29)30;;/h5-7,10-11,15,19,21H,8-9,12-14H2,1-4H3,(H,31,36)(H,33,35);2*1H/t19-,21-;;/m0../s1. The normalized spacial score (nSPS) is 16.4. The second kappa shape index (κ2) is 10.9. The van der Waals surface area contributed by atoms with E-state index in [0.717, 1.165) is 17.3 Å². The number of hydrogen-bond donors (Lipinski definition) is 2. The van der Waals surface area contributed by atoms with Crippen LogP contribution in [0.3, 0.4) is 0 Å². The highest BCUT2D eigenvalue weighted by molar-refractivity contribution is 5.94. The van der Waals surface area contributed by atoms with E-state index in [-0.39, 0.29) is 39.8 Å². The first-order chi connectivity index (χ1) is 16.9. The molecular weight excluding hydrogens is 476 g/mol. The Hall–Kier alpha value is -3.01. The third-order valence-corrected chi connectivity index (χ3v) is 7.14. The van der Waals surface area contributed by atoms with E-state index in [2.05, 4.69) is 15.6 Å². The van der Waals surface area contributed by atoms with Crippen LogP contribution in [0.5, 0.6) is 0 Å². The number of pyridine rings is 1. The molecule has 0 aliphatic heterocycles. The van der Waals surface area contributed by atoms with E-state index in [9.17, 15) is 27.2 Å². The molecule has 2 amide bonds. The van der Waals surface area contributed by atoms with Crippen LogP contribution in [-0.4, -0.2) is 61.6 Å². The molecule has 1 heterocycles. The van der Waals surface area contributed by atoms with Gasteiger partial charge < -0.3 is 15.5 Å². The number of aryl methyl sites for hydroxylation is 1. The predicted molar refractivity (Wildman–Crippen MR) is 132 cm³/mol. The van der Waals surface area contributed by atoms with Crippen molar-refractivity contribution in [1.29, 1.82) is 0 Å². The zero-order chi connectivity index (χ0) is 26.7. The molecule has 6 nitrogen and oxygen atoms in total. The molecule has 0 saturated heterocycles. The predicted octanol–water partition coefficient (Wildman–Crippen LogP) is 4.49. The lowest BCUT2D eigenvalue weighted by Gasteiger charge is -2.30. The van der Waals surface area contributed by atoms with Gasteiger partial charge in [0.15, 0.2) is 0 Å². The minimum atomic E-state index is -4.54. The number of carbonyl (C=O) groups excluding carboxylic acids is 2. The maximum atomic E-state index is 14.4. The molecule has 1 aliphatic rings. The molecule has 1 aromatic heterocycles. The SMILES string of the molecule is CNC(=O)c1ccc(C[C@@H](CNC(=O)C[C@@H](c2ccncc2F)C2(C(F)(F)F)CC2)N(C)C)c(C)c1.[HH].[HH]. The second-order valence-electron chi connectivity index (χ2n) is 9.65. The summed E-state index contributed by atoms with van der Waals surface area (Å²) < 4.78 is 56.2. The van der Waals surface area contributed by atoms with Gasteiger partial charge in [0.1, 0.15) is 5.82 Å². The minimum Gasteiger partial charge on any atom is -0.355 e. The Kier molecular flexibility index (Phi) is 8.38. The van der Waals surface area contributed by atoms with Crippen molar-refractivity contribution in [2.24, 2.45) is 5.41 Å². The molecule has 10 heteroatoms. The number of rotatable bonds is 10. The van der Waals surface area contributed by atoms with Crippen molar-refractivity contribution < 1.29 is 30.0 Å². The third-order valence-electron chi connectivity index (χ3n) is 7.14. The summed E-state index contributed by atoms with van der Waals surface area (Å²) in [6.45, 7) is 2.10. The van der Waals surface area contributed by atoms with E-state index in [1.807, 2.05) is 32.0 Å². The van der Waals surface area contributed by atoms with Crippen LogP contribution < -0.4 is 10.6 Å². The summed E-state index contributed by atoms with van der Waals surface area (Å²) in [6.07, 6.45) is -2.60. The molecule has 36 heavy (non-hydrogen) atoms. The largest absolute Gasteiger partial charge is 0.395 e. The number of nitrogens with one attached hydrogen (secondary N) is 2. The van der Waals surface area contributed by atoms with Crippen LogP contribution in [0, 0.1) is 18.2 Å². The van der Waals surface area contributed by atoms with Crippen LogP contribution >= 0.6 is 0 Å². The van der Waals surface area contributed by atoms with Gasteiger partial charge in [0.2, 0.25) is 5.91 Å². The molecule has 200 valence electrons. The zero-order valence-electron chi connectivity index (χ0n) is 20.9. The first-order valence-corrected chi connectivity index (χ1v) is 11.8. The van der Waals surface area contributed by atoms with Gasteiger partial charge in [-0.1, -0.05) is 6.07 Å². The first kappa shape index (κ1) is 27.6. The average molecular weight is 513 g/mol. The Morgan fingerprint density at radius 3 is 2.44 bits per heavy atom. The van der Waals surface area contributed by atoms with E-state index in [4.69, 9.17) is 0 Å². The average Bonchev–Trinajstić information content (AvgIpc) is 3.63. The van der Waals surface area contributed by atoms with E-state index < -0.39 is 35.7 Å². The molecule has 0 bridgehead atoms. The van der Waals surface area contributed by atoms with Gasteiger partial charge in [-0.2, -0.15) is 13.2 Å². The Morgan fingerprint density at radius 2 is 1.92 bits per heavy atom. The number of benzene rings is 1. The van der Waals surface area contributed by atoms with E-state index in [0.29, 0.717) is 12.0 Å². The summed E-state index contributed by atoms with van der Waals surface area (Å²) >= 11 is 0. The number of carbonyl (C=O) groups is 2. The van der Waals surface area contributed by atoms with E-state index >= 15 is 0 Å². The Labute approximate surface area is 211 Å². The van der Waals surface area contributed by atoms with Gasteiger partial charge in [-0.25, -0.2) is 4.39 Å². The number of halogens is 4. The molecule has 0 spiro atoms. The molecule has 2 aromatic rings. The second-order valence-corrected chi connectivity index (χ2v) is 9.65. The summed E-state index contributed by atoms with van der Waals surface area (Å²) in [4.78, 5) is 30.3. The van der Waals surface area contributed by atoms with Crippen molar-refractivity contribution >= 4 is 11.8 Å². The van der Waals surface area contributed by atoms with E-state index in [1.54, 1.807) is 19.2 Å². The third kappa shape index (κ3) is 6.03. The van der Waals surface area contributed by atoms with Crippen LogP contribution in [-0.2, 0) is 11.2 Å². The van der Waals surface area contributed by atoms with Crippen LogP contribution in [0.1, 0.15) is 55.1 Å². The maximum absolute atomic E-state index is 14.4. The minimum absolute atomic E-state index is 0. The molecule has 1 saturated carbocycles. The molecule has 1 aliphatic carbocycles. The highest BCUT2D eigenvalue weighted by Crippen LogP contribution is 2.66. The first-order valence-electron chi connectivity index (χ1n) is 11.8. The van der Waals surface area contributed by atoms with Crippen molar-refractivity contribution in [2.75, 3.05) is 27.7 Å². The lowest BCUT2D eigenvalue weighted by atomic mass is 9.80. The fourth-order valence-electron chi connectivity index (χ4n) is 4.63. The molecule has 3 rings (SSSR count). The van der Waals surface area contributed by atoms with Gasteiger partial charge in [0.25, 0.3) is 5.91 Å². The lowest BCUT2D eigenvalue weighted by Crippen LogP contribution is -2.43. The van der Waals surface area contributed by atoms with E-state index in [1.165, 1.54) is 12.3 Å². The molecule has 0 unspecified atom stereocenters. The zero-order valence-corrected chi connectivity index (χ0v) is 20.9. The molecule has 2 atom stereocenters. The molecule has 2 N–H and O–H groups in total. The van der Waals surface area contributed by atoms with Gasteiger partial charge in [-0.3, -0.25) is 14.6 Å². The monoisotopic (exact) mass is 512 g/mol. The number of amides is 2. The summed E-state index contributed by atoms with van der Waals surface area (Å²) in [5.74, 6) is -2.91. The molecule has 1 fully saturated rings. The number of nitrogens with zero attached hydrogens (tertiary/aromatic N) is 2. The van der Waals surface area contributed by atoms with Crippen LogP contribution in [0.4, 0.5) is 17.6 Å². The number of likely N-dealkylation sites (N-methyl/N-ethyl adjacent to an activating group) is 1. The molecule has 0 radical (unpaired) electrons. The number of alkyl halides is 3. The van der Waals surface area contributed by atoms with Gasteiger partial charge in [-0.15, -0.1) is 0 Å². The van der Waals surface area contributed by atoms with Gasteiger partial charge in [0, 0.05) is 46.6 Å². The Morgan fingerprint density at radius 1 is 1.22 bits per heavy atom. The van der Waals surface area contributed by atoms with Crippen LogP contribution in [0.2, 0.25) is 0 Å². The molecular formula is C26H36F4N4O2. The van der Waals surface area contributed by atoms with Crippen molar-refractivity contribution in [1.82, 2.24) is 20.5 Å². The quantitative estimate of drug-likeness (QED) is 0.460.